The van der Waals surface area contributed by atoms with Gasteiger partial charge in [-0.15, -0.1) is 0 Å². The summed E-state index contributed by atoms with van der Waals surface area (Å²) in [5.74, 6) is -2.74. The van der Waals surface area contributed by atoms with Crippen LogP contribution in [-0.2, 0) is 19.2 Å². The smallest absolute Gasteiger partial charge is 0.253 e. The lowest BCUT2D eigenvalue weighted by Crippen LogP contribution is -2.50. The van der Waals surface area contributed by atoms with Gasteiger partial charge in [0.05, 0.1) is 69.6 Å². The molecule has 6 atom stereocenters. The molecule has 4 aromatic rings. The highest BCUT2D eigenvalue weighted by Gasteiger charge is 2.73. The summed E-state index contributed by atoms with van der Waals surface area (Å²) in [7, 11) is 3.09. The molecule has 4 fully saturated rings. The molecule has 10 nitrogen and oxygen atoms in total. The summed E-state index contributed by atoms with van der Waals surface area (Å²) in [5.41, 5.74) is 1.84. The van der Waals surface area contributed by atoms with Gasteiger partial charge in [-0.1, -0.05) is 70.7 Å². The normalized spacial score (nSPS) is 26.1. The number of fused-ring (bicyclic) bond motifs is 5. The number of anilines is 2. The van der Waals surface area contributed by atoms with Crippen LogP contribution in [0.2, 0.25) is 20.1 Å². The molecule has 50 heavy (non-hydrogen) atoms. The van der Waals surface area contributed by atoms with Crippen LogP contribution >= 0.6 is 46.4 Å². The van der Waals surface area contributed by atoms with Crippen LogP contribution in [0.1, 0.15) is 23.2 Å². The molecule has 0 aliphatic carbocycles. The summed E-state index contributed by atoms with van der Waals surface area (Å²) < 4.78 is 10.8. The Balaban J connectivity index is 1.32. The van der Waals surface area contributed by atoms with E-state index < -0.39 is 59.6 Å². The Morgan fingerprint density at radius 3 is 1.14 bits per heavy atom. The molecule has 0 bridgehead atoms. The Kier molecular flexibility index (Phi) is 8.09. The molecular formula is C36H26Cl4N4O6. The van der Waals surface area contributed by atoms with Crippen LogP contribution in [0.15, 0.2) is 84.9 Å². The second kappa shape index (κ2) is 12.3. The van der Waals surface area contributed by atoms with Gasteiger partial charge in [-0.2, -0.15) is 0 Å². The first-order chi connectivity index (χ1) is 24.0. The molecule has 4 aliphatic rings. The average molecular weight is 752 g/mol. The average Bonchev–Trinajstić information content (AvgIpc) is 3.79. The number of ether oxygens (including phenoxy) is 2. The van der Waals surface area contributed by atoms with Crippen molar-refractivity contribution in [1.82, 2.24) is 10.0 Å². The summed E-state index contributed by atoms with van der Waals surface area (Å²) >= 11 is 25.0. The molecule has 4 amide bonds. The Bertz CT molecular complexity index is 1950. The van der Waals surface area contributed by atoms with Gasteiger partial charge in [-0.25, -0.2) is 19.8 Å². The van der Waals surface area contributed by atoms with Crippen molar-refractivity contribution in [3.63, 3.8) is 0 Å². The number of imide groups is 2. The Morgan fingerprint density at radius 2 is 0.820 bits per heavy atom. The minimum absolute atomic E-state index is 0.181. The summed E-state index contributed by atoms with van der Waals surface area (Å²) in [5, 5.41) is 4.45. The third-order valence-electron chi connectivity index (χ3n) is 9.96. The van der Waals surface area contributed by atoms with E-state index in [4.69, 9.17) is 55.9 Å². The number of hydrogen-bond acceptors (Lipinski definition) is 8. The molecule has 4 saturated heterocycles. The SMILES string of the molecule is COc1ccc(C2C3C(=O)N(c4ccc(Cl)c(Cl)c4)C(=O)C3N3C(c4ccc(OC)cc4)C4C(=O)N(c5ccc(Cl)c(Cl)c5)C(=O)C4N23)cc1. The van der Waals surface area contributed by atoms with Crippen LogP contribution in [0, 0.1) is 11.8 Å². The Morgan fingerprint density at radius 1 is 0.460 bits per heavy atom. The first-order valence-corrected chi connectivity index (χ1v) is 17.1. The molecule has 14 heteroatoms. The lowest BCUT2D eigenvalue weighted by Gasteiger charge is -2.35. The third-order valence-corrected chi connectivity index (χ3v) is 11.4. The van der Waals surface area contributed by atoms with Crippen LogP contribution in [0.4, 0.5) is 11.4 Å². The number of hydrogen-bond donors (Lipinski definition) is 0. The monoisotopic (exact) mass is 750 g/mol. The molecule has 0 spiro atoms. The largest absolute Gasteiger partial charge is 0.497 e. The van der Waals surface area contributed by atoms with E-state index in [1.54, 1.807) is 84.9 Å². The van der Waals surface area contributed by atoms with Gasteiger partial charge in [-0.3, -0.25) is 19.2 Å². The van der Waals surface area contributed by atoms with E-state index >= 15 is 0 Å². The first kappa shape index (κ1) is 33.0. The number of amides is 4. The van der Waals surface area contributed by atoms with Crippen LogP contribution in [-0.4, -0.2) is 59.9 Å². The minimum Gasteiger partial charge on any atom is -0.497 e. The van der Waals surface area contributed by atoms with Gasteiger partial charge in [0.1, 0.15) is 23.6 Å². The van der Waals surface area contributed by atoms with Crippen molar-refractivity contribution in [1.29, 1.82) is 0 Å². The van der Waals surface area contributed by atoms with E-state index in [-0.39, 0.29) is 31.5 Å². The van der Waals surface area contributed by atoms with Gasteiger partial charge in [-0.05, 0) is 71.8 Å². The zero-order valence-corrected chi connectivity index (χ0v) is 29.3. The number of methoxy groups -OCH3 is 2. The molecule has 0 N–H and O–H groups in total. The number of hydrazine groups is 1. The molecule has 8 rings (SSSR count). The van der Waals surface area contributed by atoms with Crippen molar-refractivity contribution in [2.75, 3.05) is 24.0 Å². The number of benzene rings is 4. The molecule has 6 unspecified atom stereocenters. The lowest BCUT2D eigenvalue weighted by molar-refractivity contribution is -0.136. The van der Waals surface area contributed by atoms with Gasteiger partial charge in [0.25, 0.3) is 11.8 Å². The van der Waals surface area contributed by atoms with Crippen molar-refractivity contribution in [3.05, 3.63) is 116 Å². The maximum atomic E-state index is 14.6. The molecular weight excluding hydrogens is 726 g/mol. The van der Waals surface area contributed by atoms with Crippen LogP contribution < -0.4 is 19.3 Å². The summed E-state index contributed by atoms with van der Waals surface area (Å²) in [6, 6.07) is 19.6. The van der Waals surface area contributed by atoms with Gasteiger partial charge in [0, 0.05) is 0 Å². The number of carbonyl (C=O) groups excluding carboxylic acids is 4. The molecule has 0 saturated carbocycles. The van der Waals surface area contributed by atoms with E-state index in [9.17, 15) is 19.2 Å². The third kappa shape index (κ3) is 4.77. The summed E-state index contributed by atoms with van der Waals surface area (Å²) in [6.07, 6.45) is 0. The van der Waals surface area contributed by atoms with Crippen LogP contribution in [0.3, 0.4) is 0 Å². The Hall–Kier alpha value is -4.16. The predicted molar refractivity (Wildman–Crippen MR) is 188 cm³/mol. The number of halogens is 4. The van der Waals surface area contributed by atoms with E-state index in [1.807, 2.05) is 0 Å². The minimum atomic E-state index is -1.07. The number of rotatable bonds is 6. The number of carbonyl (C=O) groups is 4. The van der Waals surface area contributed by atoms with E-state index in [0.29, 0.717) is 22.6 Å². The molecule has 4 aromatic carbocycles. The molecule has 0 radical (unpaired) electrons. The first-order valence-electron chi connectivity index (χ1n) is 15.6. The predicted octanol–water partition coefficient (Wildman–Crippen LogP) is 6.76. The topological polar surface area (TPSA) is 99.7 Å². The van der Waals surface area contributed by atoms with Crippen molar-refractivity contribution < 1.29 is 28.7 Å². The van der Waals surface area contributed by atoms with Gasteiger partial charge in [0.15, 0.2) is 0 Å². The van der Waals surface area contributed by atoms with Crippen molar-refractivity contribution in [2.24, 2.45) is 11.8 Å². The molecule has 4 aliphatic heterocycles. The highest BCUT2D eigenvalue weighted by atomic mass is 35.5. The van der Waals surface area contributed by atoms with Crippen molar-refractivity contribution in [2.45, 2.75) is 24.2 Å². The van der Waals surface area contributed by atoms with Crippen molar-refractivity contribution >= 4 is 81.4 Å². The van der Waals surface area contributed by atoms with Crippen molar-refractivity contribution in [3.8, 4) is 11.5 Å². The fraction of sp³-hybridized carbons (Fsp3) is 0.222. The van der Waals surface area contributed by atoms with E-state index in [2.05, 4.69) is 0 Å². The fourth-order valence-electron chi connectivity index (χ4n) is 7.86. The zero-order chi connectivity index (χ0) is 35.2. The standard InChI is InChI=1S/C36H26Cl4N4O6/c1-49-21-9-3-17(4-10-21)29-27-31(35(47)41(33(27)45)19-7-13-23(37)25(39)15-19)44-30(18-5-11-22(50-2)12-6-18)28-32(43(29)44)36(48)42(34(28)46)20-8-14-24(38)26(40)16-20/h3-16,27-32H,1-2H3. The van der Waals surface area contributed by atoms with E-state index in [1.165, 1.54) is 24.3 Å². The quantitative estimate of drug-likeness (QED) is 0.199. The molecule has 254 valence electrons. The maximum Gasteiger partial charge on any atom is 0.253 e. The maximum absolute atomic E-state index is 14.6. The summed E-state index contributed by atoms with van der Waals surface area (Å²) in [4.78, 5) is 60.7. The van der Waals surface area contributed by atoms with E-state index in [0.717, 1.165) is 9.80 Å². The zero-order valence-electron chi connectivity index (χ0n) is 26.3. The molecule has 4 heterocycles. The van der Waals surface area contributed by atoms with Crippen LogP contribution in [0.25, 0.3) is 0 Å². The van der Waals surface area contributed by atoms with Gasteiger partial charge < -0.3 is 9.47 Å². The fourth-order valence-corrected chi connectivity index (χ4v) is 8.44. The van der Waals surface area contributed by atoms with Crippen LogP contribution in [0.5, 0.6) is 11.5 Å². The number of nitrogens with zero attached hydrogens (tertiary/aromatic N) is 4. The second-order valence-corrected chi connectivity index (χ2v) is 14.0. The highest BCUT2D eigenvalue weighted by Crippen LogP contribution is 2.60. The molecule has 0 aromatic heterocycles. The Labute approximate surface area is 306 Å². The highest BCUT2D eigenvalue weighted by molar-refractivity contribution is 6.43. The van der Waals surface area contributed by atoms with Gasteiger partial charge >= 0.3 is 0 Å². The summed E-state index contributed by atoms with van der Waals surface area (Å²) in [6.45, 7) is 0. The lowest BCUT2D eigenvalue weighted by atomic mass is 9.84. The second-order valence-electron chi connectivity index (χ2n) is 12.4. The van der Waals surface area contributed by atoms with Gasteiger partial charge in [0.2, 0.25) is 11.8 Å².